The molecule has 0 radical (unpaired) electrons. The fourth-order valence-electron chi connectivity index (χ4n) is 3.14. The molecule has 0 aliphatic rings. The molecule has 0 unspecified atom stereocenters. The Kier molecular flexibility index (Phi) is 7.78. The molecule has 0 atom stereocenters. The maximum atomic E-state index is 6.59. The number of hydrogen-bond donors (Lipinski definition) is 0. The van der Waals surface area contributed by atoms with Crippen molar-refractivity contribution in [1.82, 2.24) is 0 Å². The van der Waals surface area contributed by atoms with E-state index in [0.717, 1.165) is 37.6 Å². The van der Waals surface area contributed by atoms with E-state index >= 15 is 0 Å². The molecule has 0 bridgehead atoms. The highest BCUT2D eigenvalue weighted by Crippen LogP contribution is 2.45. The molecule has 0 N–H and O–H groups in total. The van der Waals surface area contributed by atoms with Crippen molar-refractivity contribution in [3.8, 4) is 11.1 Å². The van der Waals surface area contributed by atoms with E-state index in [0.29, 0.717) is 31.2 Å². The van der Waals surface area contributed by atoms with Crippen molar-refractivity contribution in [2.45, 2.75) is 27.7 Å². The lowest BCUT2D eigenvalue weighted by atomic mass is 10.0. The Labute approximate surface area is 176 Å². The zero-order valence-corrected chi connectivity index (χ0v) is 18.6. The first kappa shape index (κ1) is 21.5. The topological polar surface area (TPSA) is 6.48 Å². The lowest BCUT2D eigenvalue weighted by Crippen LogP contribution is -2.22. The highest BCUT2D eigenvalue weighted by molar-refractivity contribution is 6.44. The minimum atomic E-state index is 0.541. The molecule has 2 aromatic rings. The third kappa shape index (κ3) is 4.36. The van der Waals surface area contributed by atoms with E-state index < -0.39 is 0 Å². The molecule has 0 aromatic heterocycles. The number of rotatable bonds is 7. The van der Waals surface area contributed by atoms with Crippen molar-refractivity contribution in [3.05, 3.63) is 44.4 Å². The van der Waals surface area contributed by atoms with Gasteiger partial charge in [0.2, 0.25) is 0 Å². The van der Waals surface area contributed by atoms with Crippen LogP contribution < -0.4 is 9.80 Å². The summed E-state index contributed by atoms with van der Waals surface area (Å²) in [7, 11) is 0. The Bertz CT molecular complexity index is 657. The standard InChI is InChI=1S/C20H24Cl4N2/c1-5-25(6-2)13-9-15(21)19(16(22)10-13)20-17(23)11-14(12-18(20)24)26(7-3)8-4/h9-12H,5-8H2,1-4H3. The summed E-state index contributed by atoms with van der Waals surface area (Å²) in [6, 6.07) is 7.67. The van der Waals surface area contributed by atoms with Gasteiger partial charge in [0, 0.05) is 48.7 Å². The summed E-state index contributed by atoms with van der Waals surface area (Å²) in [5.74, 6) is 0. The molecule has 0 aliphatic carbocycles. The van der Waals surface area contributed by atoms with Crippen LogP contribution in [0.25, 0.3) is 11.1 Å². The molecule has 0 aliphatic heterocycles. The normalized spacial score (nSPS) is 10.9. The van der Waals surface area contributed by atoms with Gasteiger partial charge in [-0.1, -0.05) is 46.4 Å². The Morgan fingerprint density at radius 3 is 0.962 bits per heavy atom. The average molecular weight is 434 g/mol. The summed E-state index contributed by atoms with van der Waals surface area (Å²) < 4.78 is 0. The molecule has 2 nitrogen and oxygen atoms in total. The molecule has 26 heavy (non-hydrogen) atoms. The number of nitrogens with zero attached hydrogens (tertiary/aromatic N) is 2. The second-order valence-electron chi connectivity index (χ2n) is 5.91. The van der Waals surface area contributed by atoms with E-state index in [-0.39, 0.29) is 0 Å². The first-order valence-electron chi connectivity index (χ1n) is 8.86. The van der Waals surface area contributed by atoms with Gasteiger partial charge in [-0.05, 0) is 52.0 Å². The number of halogens is 4. The molecule has 2 rings (SSSR count). The predicted molar refractivity (Wildman–Crippen MR) is 119 cm³/mol. The third-order valence-electron chi connectivity index (χ3n) is 4.56. The van der Waals surface area contributed by atoms with Gasteiger partial charge in [-0.15, -0.1) is 0 Å². The number of anilines is 2. The van der Waals surface area contributed by atoms with Gasteiger partial charge < -0.3 is 9.80 Å². The first-order valence-corrected chi connectivity index (χ1v) is 10.4. The molecule has 0 heterocycles. The quantitative estimate of drug-likeness (QED) is 0.442. The maximum Gasteiger partial charge on any atom is 0.0521 e. The Morgan fingerprint density at radius 1 is 0.538 bits per heavy atom. The van der Waals surface area contributed by atoms with Crippen molar-refractivity contribution in [2.75, 3.05) is 36.0 Å². The lowest BCUT2D eigenvalue weighted by Gasteiger charge is -2.24. The van der Waals surface area contributed by atoms with Gasteiger partial charge >= 0.3 is 0 Å². The first-order chi connectivity index (χ1) is 12.4. The van der Waals surface area contributed by atoms with Crippen molar-refractivity contribution < 1.29 is 0 Å². The van der Waals surface area contributed by atoms with E-state index in [4.69, 9.17) is 46.4 Å². The van der Waals surface area contributed by atoms with Crippen molar-refractivity contribution in [3.63, 3.8) is 0 Å². The Balaban J connectivity index is 2.58. The smallest absolute Gasteiger partial charge is 0.0521 e. The van der Waals surface area contributed by atoms with Gasteiger partial charge in [-0.25, -0.2) is 0 Å². The monoisotopic (exact) mass is 432 g/mol. The maximum absolute atomic E-state index is 6.59. The van der Waals surface area contributed by atoms with Gasteiger partial charge in [-0.2, -0.15) is 0 Å². The molecule has 2 aromatic carbocycles. The van der Waals surface area contributed by atoms with Crippen LogP contribution in [0.2, 0.25) is 20.1 Å². The summed E-state index contributed by atoms with van der Waals surface area (Å²) in [4.78, 5) is 4.38. The van der Waals surface area contributed by atoms with E-state index in [1.165, 1.54) is 0 Å². The van der Waals surface area contributed by atoms with Crippen LogP contribution in [0.4, 0.5) is 11.4 Å². The molecule has 142 valence electrons. The highest BCUT2D eigenvalue weighted by atomic mass is 35.5. The largest absolute Gasteiger partial charge is 0.372 e. The SMILES string of the molecule is CCN(CC)c1cc(Cl)c(-c2c(Cl)cc(N(CC)CC)cc2Cl)c(Cl)c1. The molecular formula is C20H24Cl4N2. The number of benzene rings is 2. The van der Waals surface area contributed by atoms with Crippen LogP contribution in [0, 0.1) is 0 Å². The highest BCUT2D eigenvalue weighted by Gasteiger charge is 2.19. The van der Waals surface area contributed by atoms with Crippen molar-refractivity contribution in [2.24, 2.45) is 0 Å². The predicted octanol–water partition coefficient (Wildman–Crippen LogP) is 7.66. The van der Waals surface area contributed by atoms with Crippen LogP contribution in [0.3, 0.4) is 0 Å². The van der Waals surface area contributed by atoms with E-state index in [2.05, 4.69) is 37.5 Å². The second-order valence-corrected chi connectivity index (χ2v) is 7.54. The summed E-state index contributed by atoms with van der Waals surface area (Å²) in [6.07, 6.45) is 0. The fraction of sp³-hybridized carbons (Fsp3) is 0.400. The minimum absolute atomic E-state index is 0.541. The Hall–Kier alpha value is -0.800. The van der Waals surface area contributed by atoms with Crippen molar-refractivity contribution in [1.29, 1.82) is 0 Å². The van der Waals surface area contributed by atoms with Gasteiger partial charge in [-0.3, -0.25) is 0 Å². The minimum Gasteiger partial charge on any atom is -0.372 e. The zero-order valence-electron chi connectivity index (χ0n) is 15.5. The Morgan fingerprint density at radius 2 is 0.769 bits per heavy atom. The van der Waals surface area contributed by atoms with Gasteiger partial charge in [0.15, 0.2) is 0 Å². The average Bonchev–Trinajstić information content (AvgIpc) is 2.59. The van der Waals surface area contributed by atoms with Crippen LogP contribution in [0.15, 0.2) is 24.3 Å². The zero-order chi connectivity index (χ0) is 19.4. The second kappa shape index (κ2) is 9.41. The molecule has 6 heteroatoms. The van der Waals surface area contributed by atoms with Gasteiger partial charge in [0.1, 0.15) is 0 Å². The fourth-order valence-corrected chi connectivity index (χ4v) is 4.47. The summed E-state index contributed by atoms with van der Waals surface area (Å²) >= 11 is 26.4. The van der Waals surface area contributed by atoms with Crippen molar-refractivity contribution >= 4 is 57.8 Å². The van der Waals surface area contributed by atoms with Crippen LogP contribution in [-0.2, 0) is 0 Å². The summed E-state index contributed by atoms with van der Waals surface area (Å²) in [5.41, 5.74) is 3.32. The molecule has 0 amide bonds. The van der Waals surface area contributed by atoms with Crippen LogP contribution in [0.5, 0.6) is 0 Å². The van der Waals surface area contributed by atoms with Crippen LogP contribution in [-0.4, -0.2) is 26.2 Å². The van der Waals surface area contributed by atoms with E-state index in [1.54, 1.807) is 0 Å². The number of hydrogen-bond acceptors (Lipinski definition) is 2. The summed E-state index contributed by atoms with van der Waals surface area (Å²) in [5, 5.41) is 2.16. The lowest BCUT2D eigenvalue weighted by molar-refractivity contribution is 0.866. The molecule has 0 saturated heterocycles. The summed E-state index contributed by atoms with van der Waals surface area (Å²) in [6.45, 7) is 11.9. The molecule has 0 spiro atoms. The molecule has 0 fully saturated rings. The van der Waals surface area contributed by atoms with Crippen LogP contribution in [0.1, 0.15) is 27.7 Å². The van der Waals surface area contributed by atoms with E-state index in [9.17, 15) is 0 Å². The van der Waals surface area contributed by atoms with Gasteiger partial charge in [0.25, 0.3) is 0 Å². The third-order valence-corrected chi connectivity index (χ3v) is 5.75. The van der Waals surface area contributed by atoms with Gasteiger partial charge in [0.05, 0.1) is 20.1 Å². The van der Waals surface area contributed by atoms with E-state index in [1.807, 2.05) is 24.3 Å². The molecule has 0 saturated carbocycles. The molecular weight excluding hydrogens is 410 g/mol. The van der Waals surface area contributed by atoms with Crippen LogP contribution >= 0.6 is 46.4 Å².